The zero-order valence-electron chi connectivity index (χ0n) is 12.0. The number of benzene rings is 1. The molecule has 0 radical (unpaired) electrons. The van der Waals surface area contributed by atoms with Gasteiger partial charge >= 0.3 is 0 Å². The minimum Gasteiger partial charge on any atom is -0.497 e. The third kappa shape index (κ3) is 3.03. The number of methoxy groups -OCH3 is 1. The first-order valence-electron chi connectivity index (χ1n) is 6.55. The molecule has 0 aliphatic carbocycles. The molecule has 0 aliphatic heterocycles. The summed E-state index contributed by atoms with van der Waals surface area (Å²) >= 11 is 0. The second-order valence-corrected chi connectivity index (χ2v) is 4.34. The molecule has 0 saturated heterocycles. The Morgan fingerprint density at radius 2 is 2.14 bits per heavy atom. The zero-order chi connectivity index (χ0) is 15.2. The molecule has 0 fully saturated rings. The van der Waals surface area contributed by atoms with Gasteiger partial charge in [-0.3, -0.25) is 4.99 Å². The van der Waals surface area contributed by atoms with Gasteiger partial charge in [-0.05, 0) is 24.1 Å². The third-order valence-electron chi connectivity index (χ3n) is 2.92. The summed E-state index contributed by atoms with van der Waals surface area (Å²) in [6.07, 6.45) is 0.873. The molecule has 108 valence electrons. The molecule has 1 heterocycles. The van der Waals surface area contributed by atoms with Gasteiger partial charge < -0.3 is 15.0 Å². The van der Waals surface area contributed by atoms with Crippen molar-refractivity contribution >= 4 is 5.84 Å². The van der Waals surface area contributed by atoms with Gasteiger partial charge in [0, 0.05) is 6.54 Å². The molecule has 2 N–H and O–H groups in total. The highest BCUT2D eigenvalue weighted by Crippen LogP contribution is 2.28. The van der Waals surface area contributed by atoms with Gasteiger partial charge in [-0.15, -0.1) is 0 Å². The fourth-order valence-corrected chi connectivity index (χ4v) is 1.87. The molecule has 0 aliphatic rings. The molecule has 6 nitrogen and oxygen atoms in total. The summed E-state index contributed by atoms with van der Waals surface area (Å²) in [5.41, 5.74) is 7.44. The van der Waals surface area contributed by atoms with E-state index in [2.05, 4.69) is 10.1 Å². The molecule has 6 heteroatoms. The number of aromatic nitrogens is 1. The number of nitrogens with zero attached hydrogens (tertiary/aromatic N) is 3. The molecule has 2 rings (SSSR count). The summed E-state index contributed by atoms with van der Waals surface area (Å²) in [6, 6.07) is 9.25. The van der Waals surface area contributed by atoms with Gasteiger partial charge in [-0.2, -0.15) is 5.26 Å². The van der Waals surface area contributed by atoms with Crippen LogP contribution < -0.4 is 10.5 Å². The Balaban J connectivity index is 2.50. The van der Waals surface area contributed by atoms with Crippen molar-refractivity contribution in [3.05, 3.63) is 35.7 Å². The van der Waals surface area contributed by atoms with Crippen LogP contribution in [-0.2, 0) is 0 Å². The van der Waals surface area contributed by atoms with Crippen LogP contribution in [0.5, 0.6) is 5.75 Å². The maximum Gasteiger partial charge on any atom is 0.210 e. The molecule has 0 spiro atoms. The number of aliphatic imine (C=N–C) groups is 1. The molecule has 0 bridgehead atoms. The van der Waals surface area contributed by atoms with Crippen LogP contribution >= 0.6 is 0 Å². The van der Waals surface area contributed by atoms with Crippen LogP contribution in [0.2, 0.25) is 0 Å². The fraction of sp³-hybridized carbons (Fsp3) is 0.267. The summed E-state index contributed by atoms with van der Waals surface area (Å²) in [5.74, 6) is 1.30. The molecular formula is C15H16N4O2. The first kappa shape index (κ1) is 14.6. The summed E-state index contributed by atoms with van der Waals surface area (Å²) in [6.45, 7) is 2.60. The van der Waals surface area contributed by atoms with Crippen LogP contribution in [0.1, 0.15) is 24.8 Å². The number of hydrogen-bond donors (Lipinski definition) is 1. The van der Waals surface area contributed by atoms with Gasteiger partial charge in [-0.25, -0.2) is 0 Å². The lowest BCUT2D eigenvalue weighted by Gasteiger charge is -2.04. The summed E-state index contributed by atoms with van der Waals surface area (Å²) in [4.78, 5) is 4.21. The van der Waals surface area contributed by atoms with Gasteiger partial charge in [0.2, 0.25) is 5.76 Å². The van der Waals surface area contributed by atoms with Gasteiger partial charge in [0.1, 0.15) is 11.8 Å². The monoisotopic (exact) mass is 284 g/mol. The average Bonchev–Trinajstić information content (AvgIpc) is 2.96. The Morgan fingerprint density at radius 3 is 2.71 bits per heavy atom. The van der Waals surface area contributed by atoms with E-state index in [1.165, 1.54) is 0 Å². The number of hydrogen-bond acceptors (Lipinski definition) is 5. The SMILES string of the molecule is CCCN=C(N)c1onc(C#N)c1-c1ccc(OC)cc1. The lowest BCUT2D eigenvalue weighted by atomic mass is 10.0. The van der Waals surface area contributed by atoms with Crippen LogP contribution in [-0.4, -0.2) is 24.6 Å². The van der Waals surface area contributed by atoms with Crippen molar-refractivity contribution in [1.82, 2.24) is 5.16 Å². The van der Waals surface area contributed by atoms with E-state index in [0.29, 0.717) is 17.9 Å². The first-order valence-corrected chi connectivity index (χ1v) is 6.55. The van der Waals surface area contributed by atoms with E-state index in [1.807, 2.05) is 25.1 Å². The molecule has 0 saturated carbocycles. The summed E-state index contributed by atoms with van der Waals surface area (Å²) in [5, 5.41) is 12.9. The zero-order valence-corrected chi connectivity index (χ0v) is 12.0. The molecule has 21 heavy (non-hydrogen) atoms. The van der Waals surface area contributed by atoms with Crippen molar-refractivity contribution in [2.24, 2.45) is 10.7 Å². The van der Waals surface area contributed by atoms with E-state index in [0.717, 1.165) is 17.7 Å². The molecule has 0 atom stereocenters. The Hall–Kier alpha value is -2.81. The van der Waals surface area contributed by atoms with Crippen LogP contribution in [0.4, 0.5) is 0 Å². The largest absolute Gasteiger partial charge is 0.497 e. The van der Waals surface area contributed by atoms with E-state index in [-0.39, 0.29) is 11.5 Å². The summed E-state index contributed by atoms with van der Waals surface area (Å²) < 4.78 is 10.3. The molecule has 1 aromatic heterocycles. The summed E-state index contributed by atoms with van der Waals surface area (Å²) in [7, 11) is 1.59. The smallest absolute Gasteiger partial charge is 0.210 e. The average molecular weight is 284 g/mol. The highest BCUT2D eigenvalue weighted by Gasteiger charge is 2.20. The maximum atomic E-state index is 9.17. The first-order chi connectivity index (χ1) is 10.2. The van der Waals surface area contributed by atoms with Crippen LogP contribution in [0.25, 0.3) is 11.1 Å². The predicted molar refractivity (Wildman–Crippen MR) is 79.1 cm³/mol. The van der Waals surface area contributed by atoms with Crippen LogP contribution in [0.15, 0.2) is 33.8 Å². The number of amidine groups is 1. The number of nitriles is 1. The predicted octanol–water partition coefficient (Wildman–Crippen LogP) is 2.34. The standard InChI is InChI=1S/C15H16N4O2/c1-3-8-18-15(17)14-13(12(9-16)19-21-14)10-4-6-11(20-2)7-5-10/h4-7H,3,8H2,1-2H3,(H2,17,18). The van der Waals surface area contributed by atoms with Crippen molar-refractivity contribution in [2.45, 2.75) is 13.3 Å². The van der Waals surface area contributed by atoms with Gasteiger partial charge in [0.15, 0.2) is 11.5 Å². The maximum absolute atomic E-state index is 9.17. The van der Waals surface area contributed by atoms with E-state index in [4.69, 9.17) is 15.0 Å². The van der Waals surface area contributed by atoms with Crippen molar-refractivity contribution < 1.29 is 9.26 Å². The number of rotatable bonds is 5. The second-order valence-electron chi connectivity index (χ2n) is 4.34. The van der Waals surface area contributed by atoms with E-state index in [1.54, 1.807) is 19.2 Å². The van der Waals surface area contributed by atoms with Gasteiger partial charge in [0.25, 0.3) is 0 Å². The highest BCUT2D eigenvalue weighted by molar-refractivity contribution is 6.01. The fourth-order valence-electron chi connectivity index (χ4n) is 1.87. The molecule has 0 unspecified atom stereocenters. The number of ether oxygens (including phenoxy) is 1. The Morgan fingerprint density at radius 1 is 1.43 bits per heavy atom. The molecular weight excluding hydrogens is 268 g/mol. The van der Waals surface area contributed by atoms with Crippen molar-refractivity contribution in [3.8, 4) is 22.9 Å². The lowest BCUT2D eigenvalue weighted by molar-refractivity contribution is 0.411. The molecule has 0 amide bonds. The third-order valence-corrected chi connectivity index (χ3v) is 2.92. The van der Waals surface area contributed by atoms with Crippen LogP contribution in [0.3, 0.4) is 0 Å². The Kier molecular flexibility index (Phi) is 4.57. The Labute approximate surface area is 122 Å². The second kappa shape index (κ2) is 6.57. The molecule has 1 aromatic carbocycles. The lowest BCUT2D eigenvalue weighted by Crippen LogP contribution is -2.14. The van der Waals surface area contributed by atoms with E-state index in [9.17, 15) is 5.26 Å². The van der Waals surface area contributed by atoms with Crippen LogP contribution in [0, 0.1) is 11.3 Å². The highest BCUT2D eigenvalue weighted by atomic mass is 16.5. The van der Waals surface area contributed by atoms with Gasteiger partial charge in [-0.1, -0.05) is 24.2 Å². The normalized spacial score (nSPS) is 11.2. The number of nitrogens with two attached hydrogens (primary N) is 1. The quantitative estimate of drug-likeness (QED) is 0.671. The van der Waals surface area contributed by atoms with Gasteiger partial charge in [0.05, 0.1) is 12.7 Å². The van der Waals surface area contributed by atoms with Crippen molar-refractivity contribution in [2.75, 3.05) is 13.7 Å². The topological polar surface area (TPSA) is 97.4 Å². The minimum absolute atomic E-state index is 0.185. The Bertz CT molecular complexity index is 681. The minimum atomic E-state index is 0.185. The van der Waals surface area contributed by atoms with Crippen molar-refractivity contribution in [3.63, 3.8) is 0 Å². The van der Waals surface area contributed by atoms with Crippen molar-refractivity contribution in [1.29, 1.82) is 5.26 Å². The van der Waals surface area contributed by atoms with E-state index >= 15 is 0 Å². The molecule has 2 aromatic rings. The van der Waals surface area contributed by atoms with E-state index < -0.39 is 0 Å².